The topological polar surface area (TPSA) is 137 Å². The maximum Gasteiger partial charge on any atom is 0.255 e. The first-order valence-corrected chi connectivity index (χ1v) is 13.1. The quantitative estimate of drug-likeness (QED) is 0.222. The highest BCUT2D eigenvalue weighted by Crippen LogP contribution is 2.34. The fourth-order valence-electron chi connectivity index (χ4n) is 3.06. The summed E-state index contributed by atoms with van der Waals surface area (Å²) in [7, 11) is -3.96. The van der Waals surface area contributed by atoms with Gasteiger partial charge in [-0.1, -0.05) is 59.4 Å². The number of carbonyl (C=O) groups excluding carboxylic acids is 2. The highest BCUT2D eigenvalue weighted by molar-refractivity contribution is 7.89. The van der Waals surface area contributed by atoms with E-state index in [1.54, 1.807) is 19.1 Å². The predicted molar refractivity (Wildman–Crippen MR) is 140 cm³/mol. The second-order valence-electron chi connectivity index (χ2n) is 7.69. The Labute approximate surface area is 222 Å². The van der Waals surface area contributed by atoms with Crippen LogP contribution in [0.3, 0.4) is 0 Å². The maximum absolute atomic E-state index is 12.8. The lowest BCUT2D eigenvalue weighted by Gasteiger charge is -2.18. The van der Waals surface area contributed by atoms with E-state index in [0.29, 0.717) is 0 Å². The van der Waals surface area contributed by atoms with Crippen LogP contribution in [0.4, 0.5) is 11.4 Å². The van der Waals surface area contributed by atoms with E-state index in [1.807, 2.05) is 6.92 Å². The number of aryl methyl sites for hydroxylation is 1. The molecule has 4 N–H and O–H groups in total. The maximum atomic E-state index is 12.8. The summed E-state index contributed by atoms with van der Waals surface area (Å²) in [5, 5.41) is 15.4. The average molecular weight is 572 g/mol. The van der Waals surface area contributed by atoms with Crippen LogP contribution in [0, 0.1) is 6.92 Å². The number of benzene rings is 2. The number of phenols is 1. The molecule has 9 nitrogen and oxygen atoms in total. The zero-order valence-corrected chi connectivity index (χ0v) is 22.1. The number of anilines is 2. The summed E-state index contributed by atoms with van der Waals surface area (Å²) >= 11 is 17.9. The molecular weight excluding hydrogens is 551 g/mol. The van der Waals surface area contributed by atoms with Crippen LogP contribution in [-0.2, 0) is 14.8 Å². The molecule has 0 aliphatic heterocycles. The van der Waals surface area contributed by atoms with Gasteiger partial charge < -0.3 is 15.7 Å². The van der Waals surface area contributed by atoms with Gasteiger partial charge >= 0.3 is 0 Å². The number of aromatic hydroxyl groups is 1. The standard InChI is InChI=1S/C23H21Cl3N4O5S/c1-3-16(30-36(34,35)14-6-4-12(2)5-7-14)23(33)27-17-11-19(31)18(10-15(17)24)28-22(32)13-8-20(25)29-21(26)9-13/h4-11,16,30-31H,3H2,1-2H3,(H,27,33)(H,28,32). The Bertz CT molecular complexity index is 1400. The van der Waals surface area contributed by atoms with Crippen LogP contribution in [0.25, 0.3) is 0 Å². The van der Waals surface area contributed by atoms with E-state index in [2.05, 4.69) is 20.3 Å². The van der Waals surface area contributed by atoms with Crippen molar-refractivity contribution >= 4 is 68.0 Å². The van der Waals surface area contributed by atoms with Crippen LogP contribution < -0.4 is 15.4 Å². The molecule has 0 spiro atoms. The molecule has 3 aromatic rings. The first-order valence-electron chi connectivity index (χ1n) is 10.5. The van der Waals surface area contributed by atoms with Crippen LogP contribution in [0.2, 0.25) is 15.3 Å². The lowest BCUT2D eigenvalue weighted by atomic mass is 10.2. The molecule has 1 heterocycles. The number of nitrogens with zero attached hydrogens (tertiary/aromatic N) is 1. The molecule has 0 bridgehead atoms. The van der Waals surface area contributed by atoms with Crippen molar-refractivity contribution in [1.29, 1.82) is 0 Å². The summed E-state index contributed by atoms with van der Waals surface area (Å²) in [4.78, 5) is 29.1. The highest BCUT2D eigenvalue weighted by Gasteiger charge is 2.25. The molecule has 1 aromatic heterocycles. The summed E-state index contributed by atoms with van der Waals surface area (Å²) in [5.41, 5.74) is 0.958. The Morgan fingerprint density at radius 2 is 1.58 bits per heavy atom. The minimum absolute atomic E-state index is 0.0106. The van der Waals surface area contributed by atoms with E-state index >= 15 is 0 Å². The van der Waals surface area contributed by atoms with E-state index in [9.17, 15) is 23.1 Å². The summed E-state index contributed by atoms with van der Waals surface area (Å²) < 4.78 is 27.7. The van der Waals surface area contributed by atoms with Crippen molar-refractivity contribution in [1.82, 2.24) is 9.71 Å². The van der Waals surface area contributed by atoms with E-state index in [4.69, 9.17) is 34.8 Å². The Morgan fingerprint density at radius 1 is 0.972 bits per heavy atom. The van der Waals surface area contributed by atoms with Crippen molar-refractivity contribution in [3.8, 4) is 5.75 Å². The zero-order valence-electron chi connectivity index (χ0n) is 19.0. The van der Waals surface area contributed by atoms with Crippen molar-refractivity contribution in [2.45, 2.75) is 31.2 Å². The number of nitrogens with one attached hydrogen (secondary N) is 3. The molecule has 3 rings (SSSR count). The van der Waals surface area contributed by atoms with Gasteiger partial charge in [0.05, 0.1) is 21.3 Å². The van der Waals surface area contributed by atoms with Gasteiger partial charge in [0.15, 0.2) is 0 Å². The first kappa shape index (κ1) is 27.7. The third-order valence-electron chi connectivity index (χ3n) is 4.97. The number of rotatable bonds is 8. The number of phenolic OH excluding ortho intramolecular Hbond substituents is 1. The van der Waals surface area contributed by atoms with Gasteiger partial charge in [-0.25, -0.2) is 13.4 Å². The first-order chi connectivity index (χ1) is 16.9. The minimum Gasteiger partial charge on any atom is -0.506 e. The predicted octanol–water partition coefficient (Wildman–Crippen LogP) is 5.00. The number of aromatic nitrogens is 1. The second kappa shape index (κ2) is 11.4. The van der Waals surface area contributed by atoms with Crippen LogP contribution in [0.5, 0.6) is 5.75 Å². The van der Waals surface area contributed by atoms with Crippen molar-refractivity contribution in [2.75, 3.05) is 10.6 Å². The molecule has 0 saturated carbocycles. The average Bonchev–Trinajstić information content (AvgIpc) is 2.80. The van der Waals surface area contributed by atoms with E-state index < -0.39 is 33.6 Å². The number of hydrogen-bond donors (Lipinski definition) is 4. The molecule has 1 atom stereocenters. The third-order valence-corrected chi connectivity index (χ3v) is 7.16. The Morgan fingerprint density at radius 3 is 2.17 bits per heavy atom. The summed E-state index contributed by atoms with van der Waals surface area (Å²) in [6.45, 7) is 3.46. The van der Waals surface area contributed by atoms with Crippen molar-refractivity contribution in [3.63, 3.8) is 0 Å². The minimum atomic E-state index is -3.96. The Hall–Kier alpha value is -2.89. The molecule has 2 aromatic carbocycles. The molecule has 2 amide bonds. The van der Waals surface area contributed by atoms with Crippen LogP contribution in [0.1, 0.15) is 29.3 Å². The van der Waals surface area contributed by atoms with Gasteiger partial charge in [-0.05, 0) is 43.7 Å². The van der Waals surface area contributed by atoms with Gasteiger partial charge in [-0.2, -0.15) is 4.72 Å². The monoisotopic (exact) mass is 570 g/mol. The zero-order chi connectivity index (χ0) is 26.6. The van der Waals surface area contributed by atoms with Crippen molar-refractivity contribution in [2.24, 2.45) is 0 Å². The Balaban J connectivity index is 1.75. The summed E-state index contributed by atoms with van der Waals surface area (Å²) in [5.74, 6) is -1.73. The Kier molecular flexibility index (Phi) is 8.80. The number of amides is 2. The smallest absolute Gasteiger partial charge is 0.255 e. The number of sulfonamides is 1. The molecule has 36 heavy (non-hydrogen) atoms. The number of halogens is 3. The summed E-state index contributed by atoms with van der Waals surface area (Å²) in [6.07, 6.45) is 0.145. The van der Waals surface area contributed by atoms with Crippen molar-refractivity contribution < 1.29 is 23.1 Å². The number of carbonyl (C=O) groups is 2. The van der Waals surface area contributed by atoms with Gasteiger partial charge in [0.2, 0.25) is 15.9 Å². The van der Waals surface area contributed by atoms with Crippen LogP contribution in [0.15, 0.2) is 53.4 Å². The van der Waals surface area contributed by atoms with Crippen LogP contribution >= 0.6 is 34.8 Å². The largest absolute Gasteiger partial charge is 0.506 e. The van der Waals surface area contributed by atoms with Gasteiger partial charge in [0.1, 0.15) is 22.1 Å². The normalized spacial score (nSPS) is 12.1. The molecule has 1 unspecified atom stereocenters. The van der Waals surface area contributed by atoms with E-state index in [-0.39, 0.29) is 43.6 Å². The molecule has 190 valence electrons. The van der Waals surface area contributed by atoms with Gasteiger partial charge in [0.25, 0.3) is 5.91 Å². The molecule has 0 aliphatic carbocycles. The van der Waals surface area contributed by atoms with E-state index in [1.165, 1.54) is 30.3 Å². The number of pyridine rings is 1. The molecule has 13 heteroatoms. The van der Waals surface area contributed by atoms with Crippen molar-refractivity contribution in [3.05, 3.63) is 75.0 Å². The molecule has 0 aliphatic rings. The van der Waals surface area contributed by atoms with Crippen LogP contribution in [-0.4, -0.2) is 36.4 Å². The molecule has 0 saturated heterocycles. The lowest BCUT2D eigenvalue weighted by molar-refractivity contribution is -0.117. The fraction of sp³-hybridized carbons (Fsp3) is 0.174. The van der Waals surface area contributed by atoms with Gasteiger partial charge in [-0.15, -0.1) is 0 Å². The molecule has 0 fully saturated rings. The van der Waals surface area contributed by atoms with E-state index in [0.717, 1.165) is 11.6 Å². The SMILES string of the molecule is CCC(NS(=O)(=O)c1ccc(C)cc1)C(=O)Nc1cc(O)c(NC(=O)c2cc(Cl)nc(Cl)c2)cc1Cl. The van der Waals surface area contributed by atoms with Gasteiger partial charge in [0, 0.05) is 11.6 Å². The number of hydrogen-bond acceptors (Lipinski definition) is 6. The fourth-order valence-corrected chi connectivity index (χ4v) is 5.01. The summed E-state index contributed by atoms with van der Waals surface area (Å²) in [6, 6.07) is 10.0. The van der Waals surface area contributed by atoms with Gasteiger partial charge in [-0.3, -0.25) is 9.59 Å². The highest BCUT2D eigenvalue weighted by atomic mass is 35.5. The lowest BCUT2D eigenvalue weighted by Crippen LogP contribution is -2.43. The second-order valence-corrected chi connectivity index (χ2v) is 10.6. The molecule has 0 radical (unpaired) electrons. The molecular formula is C23H21Cl3N4O5S. The third kappa shape index (κ3) is 6.86.